The van der Waals surface area contributed by atoms with E-state index in [2.05, 4.69) is 5.10 Å². The number of benzene rings is 1. The molecule has 6 heteroatoms. The van der Waals surface area contributed by atoms with E-state index in [9.17, 15) is 4.79 Å². The molecule has 4 N–H and O–H groups in total. The first-order valence-electron chi connectivity index (χ1n) is 5.00. The molecular formula is C11H12N4O2. The molecule has 2 rings (SSSR count). The highest BCUT2D eigenvalue weighted by molar-refractivity contribution is 5.99. The van der Waals surface area contributed by atoms with Gasteiger partial charge >= 0.3 is 0 Å². The molecule has 0 saturated heterocycles. The molecule has 0 radical (unpaired) electrons. The predicted molar refractivity (Wildman–Crippen MR) is 63.6 cm³/mol. The maximum atomic E-state index is 10.9. The number of rotatable bonds is 4. The van der Waals surface area contributed by atoms with Crippen molar-refractivity contribution in [1.82, 2.24) is 10.2 Å². The number of fused-ring (bicyclic) bond motifs is 1. The molecule has 0 unspecified atom stereocenters. The standard InChI is InChI=1S/C11H12N4O2/c12-11(16)7-15-5-4-9-8(6-13-14-17)2-1-3-10(9)15/h1-6,14,17H,7H2,(H2,12,16)/b13-6+. The fraction of sp³-hybridized carbons (Fsp3) is 0.0909. The van der Waals surface area contributed by atoms with Gasteiger partial charge in [0.15, 0.2) is 0 Å². The van der Waals surface area contributed by atoms with Gasteiger partial charge in [-0.3, -0.25) is 10.0 Å². The molecule has 1 heterocycles. The fourth-order valence-corrected chi connectivity index (χ4v) is 1.76. The molecule has 0 atom stereocenters. The highest BCUT2D eigenvalue weighted by Crippen LogP contribution is 2.18. The van der Waals surface area contributed by atoms with Crippen molar-refractivity contribution in [2.45, 2.75) is 6.54 Å². The zero-order valence-electron chi connectivity index (χ0n) is 9.00. The van der Waals surface area contributed by atoms with E-state index in [1.54, 1.807) is 16.4 Å². The molecule has 0 spiro atoms. The van der Waals surface area contributed by atoms with Crippen LogP contribution in [0.5, 0.6) is 0 Å². The number of carbonyl (C=O) groups is 1. The summed E-state index contributed by atoms with van der Waals surface area (Å²) in [6.45, 7) is 0.141. The van der Waals surface area contributed by atoms with Gasteiger partial charge in [-0.05, 0) is 12.1 Å². The zero-order valence-corrected chi connectivity index (χ0v) is 9.00. The average Bonchev–Trinajstić information content (AvgIpc) is 2.70. The second kappa shape index (κ2) is 4.67. The van der Waals surface area contributed by atoms with E-state index in [1.165, 1.54) is 6.21 Å². The number of aromatic nitrogens is 1. The van der Waals surface area contributed by atoms with Crippen LogP contribution in [0.15, 0.2) is 35.6 Å². The van der Waals surface area contributed by atoms with Crippen molar-refractivity contribution >= 4 is 23.0 Å². The summed E-state index contributed by atoms with van der Waals surface area (Å²) in [6.07, 6.45) is 3.29. The van der Waals surface area contributed by atoms with Crippen LogP contribution in [0.25, 0.3) is 10.9 Å². The minimum Gasteiger partial charge on any atom is -0.368 e. The number of hydrogen-bond donors (Lipinski definition) is 3. The van der Waals surface area contributed by atoms with Gasteiger partial charge in [-0.2, -0.15) is 10.7 Å². The lowest BCUT2D eigenvalue weighted by molar-refractivity contribution is -0.118. The Balaban J connectivity index is 2.48. The fourth-order valence-electron chi connectivity index (χ4n) is 1.76. The first-order chi connectivity index (χ1) is 8.22. The van der Waals surface area contributed by atoms with Gasteiger partial charge in [-0.15, -0.1) is 0 Å². The Hall–Kier alpha value is -2.34. The first kappa shape index (κ1) is 11.2. The van der Waals surface area contributed by atoms with Gasteiger partial charge in [0.25, 0.3) is 0 Å². The topological polar surface area (TPSA) is 92.6 Å². The molecule has 6 nitrogen and oxygen atoms in total. The molecular weight excluding hydrogens is 220 g/mol. The minimum atomic E-state index is -0.390. The number of carbonyl (C=O) groups excluding carboxylic acids is 1. The summed E-state index contributed by atoms with van der Waals surface area (Å²) in [5.74, 6) is -0.390. The third kappa shape index (κ3) is 2.26. The molecule has 0 aliphatic rings. The van der Waals surface area contributed by atoms with Gasteiger partial charge in [0.1, 0.15) is 6.54 Å². The molecule has 0 aliphatic heterocycles. The quantitative estimate of drug-likeness (QED) is 0.527. The highest BCUT2D eigenvalue weighted by Gasteiger charge is 2.05. The van der Waals surface area contributed by atoms with Crippen LogP contribution in [0.2, 0.25) is 0 Å². The van der Waals surface area contributed by atoms with E-state index >= 15 is 0 Å². The van der Waals surface area contributed by atoms with Crippen LogP contribution in [-0.2, 0) is 11.3 Å². The van der Waals surface area contributed by atoms with E-state index < -0.39 is 5.91 Å². The second-order valence-corrected chi connectivity index (χ2v) is 3.55. The zero-order chi connectivity index (χ0) is 12.3. The molecule has 2 aromatic rings. The monoisotopic (exact) mass is 232 g/mol. The molecule has 0 fully saturated rings. The summed E-state index contributed by atoms with van der Waals surface area (Å²) in [5, 5.41) is 12.9. The Morgan fingerprint density at radius 1 is 1.53 bits per heavy atom. The number of nitrogens with one attached hydrogen (secondary N) is 1. The predicted octanol–water partition coefficient (Wildman–Crippen LogP) is 0.439. The van der Waals surface area contributed by atoms with Crippen LogP contribution in [0.4, 0.5) is 0 Å². The van der Waals surface area contributed by atoms with Gasteiger partial charge in [0, 0.05) is 22.7 Å². The van der Waals surface area contributed by atoms with Gasteiger partial charge in [-0.1, -0.05) is 12.1 Å². The molecule has 1 aromatic heterocycles. The number of amides is 1. The summed E-state index contributed by atoms with van der Waals surface area (Å²) >= 11 is 0. The molecule has 88 valence electrons. The van der Waals surface area contributed by atoms with Gasteiger partial charge in [0.05, 0.1) is 6.21 Å². The lowest BCUT2D eigenvalue weighted by atomic mass is 10.1. The van der Waals surface area contributed by atoms with Gasteiger partial charge in [-0.25, -0.2) is 0 Å². The lowest BCUT2D eigenvalue weighted by Crippen LogP contribution is -2.17. The summed E-state index contributed by atoms with van der Waals surface area (Å²) in [7, 11) is 0. The largest absolute Gasteiger partial charge is 0.368 e. The summed E-state index contributed by atoms with van der Waals surface area (Å²) in [6, 6.07) is 7.47. The van der Waals surface area contributed by atoms with Crippen molar-refractivity contribution in [3.8, 4) is 0 Å². The Bertz CT molecular complexity index is 574. The number of nitrogens with two attached hydrogens (primary N) is 1. The number of hydrogen-bond acceptors (Lipinski definition) is 4. The van der Waals surface area contributed by atoms with Crippen molar-refractivity contribution in [1.29, 1.82) is 0 Å². The van der Waals surface area contributed by atoms with Crippen molar-refractivity contribution < 1.29 is 10.0 Å². The number of hydrazone groups is 1. The third-order valence-corrected chi connectivity index (χ3v) is 2.43. The van der Waals surface area contributed by atoms with Crippen LogP contribution in [0.3, 0.4) is 0 Å². The molecule has 17 heavy (non-hydrogen) atoms. The molecule has 0 aliphatic carbocycles. The Morgan fingerprint density at radius 3 is 3.06 bits per heavy atom. The van der Waals surface area contributed by atoms with Crippen LogP contribution in [0, 0.1) is 0 Å². The highest BCUT2D eigenvalue weighted by atomic mass is 16.5. The van der Waals surface area contributed by atoms with Crippen molar-refractivity contribution in [2.75, 3.05) is 0 Å². The SMILES string of the molecule is NC(=O)Cn1ccc2c(/C=N/NO)cccc21. The van der Waals surface area contributed by atoms with Crippen LogP contribution in [-0.4, -0.2) is 21.9 Å². The van der Waals surface area contributed by atoms with E-state index in [0.29, 0.717) is 0 Å². The summed E-state index contributed by atoms with van der Waals surface area (Å²) in [4.78, 5) is 10.9. The van der Waals surface area contributed by atoms with E-state index in [-0.39, 0.29) is 6.54 Å². The van der Waals surface area contributed by atoms with Crippen LogP contribution < -0.4 is 11.3 Å². The van der Waals surface area contributed by atoms with Gasteiger partial charge in [0.2, 0.25) is 5.91 Å². The third-order valence-electron chi connectivity index (χ3n) is 2.43. The van der Waals surface area contributed by atoms with Crippen molar-refractivity contribution in [3.05, 3.63) is 36.0 Å². The average molecular weight is 232 g/mol. The minimum absolute atomic E-state index is 0.141. The van der Waals surface area contributed by atoms with Gasteiger partial charge < -0.3 is 10.3 Å². The normalized spacial score (nSPS) is 11.1. The van der Waals surface area contributed by atoms with Crippen LogP contribution >= 0.6 is 0 Å². The smallest absolute Gasteiger partial charge is 0.237 e. The first-order valence-corrected chi connectivity index (χ1v) is 5.00. The molecule has 1 amide bonds. The summed E-state index contributed by atoms with van der Waals surface area (Å²) < 4.78 is 1.77. The van der Waals surface area contributed by atoms with Crippen molar-refractivity contribution in [3.63, 3.8) is 0 Å². The van der Waals surface area contributed by atoms with Crippen LogP contribution in [0.1, 0.15) is 5.56 Å². The Labute approximate surface area is 97.3 Å². The molecule has 1 aromatic carbocycles. The lowest BCUT2D eigenvalue weighted by Gasteiger charge is -2.02. The van der Waals surface area contributed by atoms with Crippen molar-refractivity contribution in [2.24, 2.45) is 10.8 Å². The number of nitrogens with zero attached hydrogens (tertiary/aromatic N) is 2. The maximum Gasteiger partial charge on any atom is 0.237 e. The summed E-state index contributed by atoms with van der Waals surface area (Å²) in [5.41, 5.74) is 8.61. The second-order valence-electron chi connectivity index (χ2n) is 3.55. The Morgan fingerprint density at radius 2 is 2.35 bits per heavy atom. The van der Waals surface area contributed by atoms with E-state index in [0.717, 1.165) is 16.5 Å². The molecule has 0 saturated carbocycles. The maximum absolute atomic E-state index is 10.9. The number of primary amides is 1. The van der Waals surface area contributed by atoms with E-state index in [4.69, 9.17) is 10.9 Å². The molecule has 0 bridgehead atoms. The van der Waals surface area contributed by atoms with E-state index in [1.807, 2.05) is 24.3 Å². The Kier molecular flexibility index (Phi) is 3.06.